The SMILES string of the molecule is CSCC[C@H](NC(N)=O)C(=O)NCc1cn(-c2ccccc2)nc1-c1ccccc1. The van der Waals surface area contributed by atoms with Gasteiger partial charge < -0.3 is 16.4 Å². The molecule has 0 aliphatic heterocycles. The Labute approximate surface area is 180 Å². The molecule has 4 N–H and O–H groups in total. The number of nitrogens with one attached hydrogen (secondary N) is 2. The molecule has 0 spiro atoms. The lowest BCUT2D eigenvalue weighted by Gasteiger charge is -2.16. The van der Waals surface area contributed by atoms with Gasteiger partial charge in [0, 0.05) is 23.9 Å². The number of hydrogen-bond donors (Lipinski definition) is 3. The first-order valence-corrected chi connectivity index (χ1v) is 11.0. The van der Waals surface area contributed by atoms with E-state index >= 15 is 0 Å². The average Bonchev–Trinajstić information content (AvgIpc) is 3.20. The molecule has 1 aromatic heterocycles. The van der Waals surface area contributed by atoms with Gasteiger partial charge in [-0.1, -0.05) is 48.5 Å². The number of carbonyl (C=O) groups is 2. The maximum Gasteiger partial charge on any atom is 0.312 e. The second-order valence-corrected chi connectivity index (χ2v) is 7.70. The molecule has 0 unspecified atom stereocenters. The van der Waals surface area contributed by atoms with Crippen molar-refractivity contribution in [2.24, 2.45) is 5.73 Å². The summed E-state index contributed by atoms with van der Waals surface area (Å²) in [6.07, 6.45) is 4.37. The topological polar surface area (TPSA) is 102 Å². The van der Waals surface area contributed by atoms with Crippen molar-refractivity contribution in [2.45, 2.75) is 19.0 Å². The minimum atomic E-state index is -0.710. The predicted octanol–water partition coefficient (Wildman–Crippen LogP) is 2.95. The van der Waals surface area contributed by atoms with Crippen LogP contribution in [0.5, 0.6) is 0 Å². The van der Waals surface area contributed by atoms with E-state index in [0.717, 1.165) is 28.3 Å². The van der Waals surface area contributed by atoms with Gasteiger partial charge in [0.25, 0.3) is 0 Å². The third-order valence-electron chi connectivity index (χ3n) is 4.55. The van der Waals surface area contributed by atoms with Crippen LogP contribution in [0.2, 0.25) is 0 Å². The van der Waals surface area contributed by atoms with E-state index in [1.807, 2.05) is 73.1 Å². The van der Waals surface area contributed by atoms with Crippen molar-refractivity contribution in [3.05, 3.63) is 72.4 Å². The molecule has 30 heavy (non-hydrogen) atoms. The molecule has 0 fully saturated rings. The fraction of sp³-hybridized carbons (Fsp3) is 0.227. The number of hydrogen-bond acceptors (Lipinski definition) is 4. The molecule has 1 atom stereocenters. The fourth-order valence-corrected chi connectivity index (χ4v) is 3.54. The molecule has 0 aliphatic rings. The molecule has 7 nitrogen and oxygen atoms in total. The van der Waals surface area contributed by atoms with Gasteiger partial charge in [-0.3, -0.25) is 4.79 Å². The standard InChI is InChI=1S/C22H25N5O2S/c1-30-13-12-19(25-22(23)29)21(28)24-14-17-15-27(18-10-6-3-7-11-18)26-20(17)16-8-4-2-5-9-16/h2-11,15,19H,12-14H2,1H3,(H,24,28)(H3,23,25,29)/t19-/m0/s1. The lowest BCUT2D eigenvalue weighted by atomic mass is 10.1. The molecule has 3 amide bonds. The first kappa shape index (κ1) is 21.4. The van der Waals surface area contributed by atoms with Crippen molar-refractivity contribution < 1.29 is 9.59 Å². The van der Waals surface area contributed by atoms with Crippen LogP contribution in [0.1, 0.15) is 12.0 Å². The maximum absolute atomic E-state index is 12.7. The quantitative estimate of drug-likeness (QED) is 0.492. The van der Waals surface area contributed by atoms with Crippen molar-refractivity contribution in [3.63, 3.8) is 0 Å². The van der Waals surface area contributed by atoms with Crippen LogP contribution < -0.4 is 16.4 Å². The number of thioether (sulfide) groups is 1. The Morgan fingerprint density at radius 3 is 2.40 bits per heavy atom. The minimum absolute atomic E-state index is 0.269. The number of para-hydroxylation sites is 1. The number of aromatic nitrogens is 2. The molecule has 0 bridgehead atoms. The average molecular weight is 424 g/mol. The van der Waals surface area contributed by atoms with Crippen LogP contribution >= 0.6 is 11.8 Å². The summed E-state index contributed by atoms with van der Waals surface area (Å²) < 4.78 is 1.80. The van der Waals surface area contributed by atoms with E-state index in [-0.39, 0.29) is 12.5 Å². The Hall–Kier alpha value is -3.26. The second kappa shape index (κ2) is 10.5. The second-order valence-electron chi connectivity index (χ2n) is 6.71. The molecule has 3 aromatic rings. The zero-order valence-electron chi connectivity index (χ0n) is 16.7. The first-order valence-electron chi connectivity index (χ1n) is 9.60. The summed E-state index contributed by atoms with van der Waals surface area (Å²) in [6.45, 7) is 0.284. The third kappa shape index (κ3) is 5.64. The number of urea groups is 1. The zero-order chi connectivity index (χ0) is 21.3. The normalized spacial score (nSPS) is 11.6. The molecule has 0 radical (unpaired) electrons. The Kier molecular flexibility index (Phi) is 7.51. The van der Waals surface area contributed by atoms with Gasteiger partial charge in [-0.25, -0.2) is 9.48 Å². The fourth-order valence-electron chi connectivity index (χ4n) is 3.07. The third-order valence-corrected chi connectivity index (χ3v) is 5.20. The summed E-state index contributed by atoms with van der Waals surface area (Å²) in [7, 11) is 0. The predicted molar refractivity (Wildman–Crippen MR) is 120 cm³/mol. The van der Waals surface area contributed by atoms with Gasteiger partial charge in [-0.05, 0) is 30.6 Å². The lowest BCUT2D eigenvalue weighted by Crippen LogP contribution is -2.48. The van der Waals surface area contributed by atoms with Gasteiger partial charge in [-0.2, -0.15) is 16.9 Å². The van der Waals surface area contributed by atoms with Gasteiger partial charge >= 0.3 is 6.03 Å². The van der Waals surface area contributed by atoms with Crippen LogP contribution in [-0.2, 0) is 11.3 Å². The molecular formula is C22H25N5O2S. The smallest absolute Gasteiger partial charge is 0.312 e. The molecule has 1 heterocycles. The largest absolute Gasteiger partial charge is 0.352 e. The van der Waals surface area contributed by atoms with E-state index in [1.165, 1.54) is 0 Å². The molecular weight excluding hydrogens is 398 g/mol. The summed E-state index contributed by atoms with van der Waals surface area (Å²) in [6, 6.07) is 18.2. The Morgan fingerprint density at radius 2 is 1.77 bits per heavy atom. The van der Waals surface area contributed by atoms with E-state index in [9.17, 15) is 9.59 Å². The summed E-state index contributed by atoms with van der Waals surface area (Å²) >= 11 is 1.60. The molecule has 0 aliphatic carbocycles. The Morgan fingerprint density at radius 1 is 1.10 bits per heavy atom. The highest BCUT2D eigenvalue weighted by Crippen LogP contribution is 2.23. The Bertz CT molecular complexity index is 976. The van der Waals surface area contributed by atoms with Crippen molar-refractivity contribution in [2.75, 3.05) is 12.0 Å². The van der Waals surface area contributed by atoms with E-state index in [4.69, 9.17) is 10.8 Å². The highest BCUT2D eigenvalue weighted by atomic mass is 32.2. The molecule has 2 aromatic carbocycles. The number of nitrogens with two attached hydrogens (primary N) is 1. The van der Waals surface area contributed by atoms with Gasteiger partial charge in [0.1, 0.15) is 6.04 Å². The summed E-state index contributed by atoms with van der Waals surface area (Å²) in [5, 5.41) is 10.2. The van der Waals surface area contributed by atoms with Crippen LogP contribution in [0, 0.1) is 0 Å². The van der Waals surface area contributed by atoms with Crippen LogP contribution in [0.15, 0.2) is 66.9 Å². The molecule has 0 saturated heterocycles. The van der Waals surface area contributed by atoms with Gasteiger partial charge in [0.2, 0.25) is 5.91 Å². The zero-order valence-corrected chi connectivity index (χ0v) is 17.6. The van der Waals surface area contributed by atoms with E-state index in [0.29, 0.717) is 6.42 Å². The summed E-state index contributed by atoms with van der Waals surface area (Å²) in [4.78, 5) is 23.9. The number of benzene rings is 2. The number of rotatable bonds is 9. The van der Waals surface area contributed by atoms with Crippen LogP contribution in [-0.4, -0.2) is 39.8 Å². The molecule has 8 heteroatoms. The van der Waals surface area contributed by atoms with E-state index in [2.05, 4.69) is 10.6 Å². The Balaban J connectivity index is 1.82. The summed E-state index contributed by atoms with van der Waals surface area (Å²) in [5.74, 6) is 0.467. The maximum atomic E-state index is 12.7. The van der Waals surface area contributed by atoms with Gasteiger partial charge in [0.05, 0.1) is 11.4 Å². The lowest BCUT2D eigenvalue weighted by molar-refractivity contribution is -0.123. The van der Waals surface area contributed by atoms with E-state index < -0.39 is 12.1 Å². The van der Waals surface area contributed by atoms with Gasteiger partial charge in [-0.15, -0.1) is 0 Å². The number of nitrogens with zero attached hydrogens (tertiary/aromatic N) is 2. The molecule has 156 valence electrons. The van der Waals surface area contributed by atoms with Crippen LogP contribution in [0.3, 0.4) is 0 Å². The highest BCUT2D eigenvalue weighted by molar-refractivity contribution is 7.98. The number of primary amides is 1. The highest BCUT2D eigenvalue weighted by Gasteiger charge is 2.20. The van der Waals surface area contributed by atoms with Crippen LogP contribution in [0.4, 0.5) is 4.79 Å². The number of amides is 3. The van der Waals surface area contributed by atoms with Gasteiger partial charge in [0.15, 0.2) is 0 Å². The van der Waals surface area contributed by atoms with Crippen molar-refractivity contribution in [1.29, 1.82) is 0 Å². The minimum Gasteiger partial charge on any atom is -0.352 e. The molecule has 0 saturated carbocycles. The van der Waals surface area contributed by atoms with E-state index in [1.54, 1.807) is 16.4 Å². The van der Waals surface area contributed by atoms with Crippen LogP contribution in [0.25, 0.3) is 16.9 Å². The van der Waals surface area contributed by atoms with Crippen molar-refractivity contribution in [3.8, 4) is 16.9 Å². The first-order chi connectivity index (χ1) is 14.6. The summed E-state index contributed by atoms with van der Waals surface area (Å²) in [5.41, 5.74) is 8.79. The molecule has 3 rings (SSSR count). The monoisotopic (exact) mass is 423 g/mol. The van der Waals surface area contributed by atoms with Crippen molar-refractivity contribution >= 4 is 23.7 Å². The van der Waals surface area contributed by atoms with Crippen molar-refractivity contribution in [1.82, 2.24) is 20.4 Å². The number of carbonyl (C=O) groups excluding carboxylic acids is 2.